The van der Waals surface area contributed by atoms with Gasteiger partial charge in [-0.1, -0.05) is 6.92 Å². The van der Waals surface area contributed by atoms with Crippen LogP contribution in [-0.2, 0) is 10.8 Å². The monoisotopic (exact) mass is 346 g/mol. The minimum Gasteiger partial charge on any atom is -0.489 e. The zero-order valence-corrected chi connectivity index (χ0v) is 13.7. The molecule has 1 aromatic rings. The van der Waals surface area contributed by atoms with Crippen LogP contribution in [0.25, 0.3) is 0 Å². The number of carbonyl (C=O) groups excluding carboxylic acids is 1. The van der Waals surface area contributed by atoms with E-state index in [4.69, 9.17) is 4.74 Å². The van der Waals surface area contributed by atoms with Gasteiger partial charge in [-0.2, -0.15) is 0 Å². The van der Waals surface area contributed by atoms with Crippen LogP contribution >= 0.6 is 0 Å². The van der Waals surface area contributed by atoms with Crippen molar-refractivity contribution in [3.8, 4) is 5.75 Å². The third kappa shape index (κ3) is 5.46. The van der Waals surface area contributed by atoms with E-state index in [1.807, 2.05) is 6.92 Å². The van der Waals surface area contributed by atoms with Gasteiger partial charge >= 0.3 is 6.03 Å². The molecule has 2 atom stereocenters. The van der Waals surface area contributed by atoms with Crippen molar-refractivity contribution in [2.75, 3.05) is 37.7 Å². The Morgan fingerprint density at radius 3 is 3.00 bits per heavy atom. The Hall–Kier alpha value is -1.70. The molecule has 1 fully saturated rings. The Kier molecular flexibility index (Phi) is 6.32. The van der Waals surface area contributed by atoms with E-state index < -0.39 is 22.4 Å². The summed E-state index contributed by atoms with van der Waals surface area (Å²) in [5, 5.41) is 2.68. The quantitative estimate of drug-likeness (QED) is 0.845. The SMILES string of the molecule is CC1CN(C(=O)NCCOc2ccc(F)cc2F)CCS(=O)C1. The molecule has 2 unspecified atom stereocenters. The number of benzene rings is 1. The normalized spacial score (nSPS) is 21.6. The molecule has 2 rings (SSSR count). The van der Waals surface area contributed by atoms with Crippen molar-refractivity contribution in [1.82, 2.24) is 10.2 Å². The lowest BCUT2D eigenvalue weighted by Crippen LogP contribution is -2.43. The van der Waals surface area contributed by atoms with Gasteiger partial charge in [0, 0.05) is 41.5 Å². The average molecular weight is 346 g/mol. The fourth-order valence-corrected chi connectivity index (χ4v) is 3.67. The minimum atomic E-state index is -0.880. The maximum atomic E-state index is 13.4. The fourth-order valence-electron chi connectivity index (χ4n) is 2.34. The molecule has 1 saturated heterocycles. The Morgan fingerprint density at radius 2 is 2.26 bits per heavy atom. The molecule has 23 heavy (non-hydrogen) atoms. The molecule has 5 nitrogen and oxygen atoms in total. The second-order valence-corrected chi connectivity index (χ2v) is 7.14. The molecule has 2 amide bonds. The molecule has 1 heterocycles. The first-order chi connectivity index (χ1) is 11.0. The number of ether oxygens (including phenoxy) is 1. The van der Waals surface area contributed by atoms with Crippen molar-refractivity contribution >= 4 is 16.8 Å². The highest BCUT2D eigenvalue weighted by Gasteiger charge is 2.22. The van der Waals surface area contributed by atoms with Gasteiger partial charge in [0.1, 0.15) is 12.4 Å². The van der Waals surface area contributed by atoms with Crippen LogP contribution in [0.15, 0.2) is 18.2 Å². The smallest absolute Gasteiger partial charge is 0.317 e. The Bertz CT molecular complexity index is 586. The van der Waals surface area contributed by atoms with Crippen LogP contribution in [0.2, 0.25) is 0 Å². The molecule has 8 heteroatoms. The first-order valence-corrected chi connectivity index (χ1v) is 8.90. The number of hydrogen-bond acceptors (Lipinski definition) is 3. The lowest BCUT2D eigenvalue weighted by atomic mass is 10.2. The van der Waals surface area contributed by atoms with Gasteiger partial charge in [-0.15, -0.1) is 0 Å². The van der Waals surface area contributed by atoms with Crippen molar-refractivity contribution in [3.63, 3.8) is 0 Å². The summed E-state index contributed by atoms with van der Waals surface area (Å²) in [6.07, 6.45) is 0. The van der Waals surface area contributed by atoms with Crippen LogP contribution in [0.3, 0.4) is 0 Å². The molecule has 0 spiro atoms. The van der Waals surface area contributed by atoms with E-state index in [9.17, 15) is 17.8 Å². The van der Waals surface area contributed by atoms with Gasteiger partial charge in [-0.25, -0.2) is 13.6 Å². The zero-order chi connectivity index (χ0) is 16.8. The maximum absolute atomic E-state index is 13.4. The average Bonchev–Trinajstić information content (AvgIpc) is 2.65. The molecule has 0 aromatic heterocycles. The predicted octanol–water partition coefficient (Wildman–Crippen LogP) is 1.75. The molecule has 128 valence electrons. The maximum Gasteiger partial charge on any atom is 0.317 e. The van der Waals surface area contributed by atoms with E-state index in [2.05, 4.69) is 5.32 Å². The highest BCUT2D eigenvalue weighted by molar-refractivity contribution is 7.85. The molecule has 1 aromatic carbocycles. The van der Waals surface area contributed by atoms with Crippen molar-refractivity contribution < 1.29 is 22.5 Å². The van der Waals surface area contributed by atoms with E-state index in [0.717, 1.165) is 12.1 Å². The van der Waals surface area contributed by atoms with Crippen molar-refractivity contribution in [2.24, 2.45) is 5.92 Å². The number of halogens is 2. The first kappa shape index (κ1) is 17.7. The summed E-state index contributed by atoms with van der Waals surface area (Å²) in [4.78, 5) is 13.7. The molecular weight excluding hydrogens is 326 g/mol. The predicted molar refractivity (Wildman–Crippen MR) is 83.9 cm³/mol. The highest BCUT2D eigenvalue weighted by Crippen LogP contribution is 2.17. The summed E-state index contributed by atoms with van der Waals surface area (Å²) in [6, 6.07) is 2.81. The molecule has 0 bridgehead atoms. The van der Waals surface area contributed by atoms with E-state index in [-0.39, 0.29) is 30.9 Å². The van der Waals surface area contributed by atoms with Crippen molar-refractivity contribution in [1.29, 1.82) is 0 Å². The zero-order valence-electron chi connectivity index (χ0n) is 12.9. The fraction of sp³-hybridized carbons (Fsp3) is 0.533. The van der Waals surface area contributed by atoms with E-state index in [1.165, 1.54) is 6.07 Å². The summed E-state index contributed by atoms with van der Waals surface area (Å²) in [5.74, 6) is -0.227. The number of amides is 2. The standard InChI is InChI=1S/C15H20F2N2O3S/c1-11-9-19(5-7-23(21)10-11)15(20)18-4-6-22-14-3-2-12(16)8-13(14)17/h2-3,8,11H,4-7,9-10H2,1H3,(H,18,20). The van der Waals surface area contributed by atoms with Gasteiger partial charge in [-0.05, 0) is 18.1 Å². The van der Waals surface area contributed by atoms with Crippen LogP contribution in [0.1, 0.15) is 6.92 Å². The summed E-state index contributed by atoms with van der Waals surface area (Å²) in [6.45, 7) is 3.25. The largest absolute Gasteiger partial charge is 0.489 e. The molecule has 0 saturated carbocycles. The third-order valence-corrected chi connectivity index (χ3v) is 4.99. The molecular formula is C15H20F2N2O3S. The third-order valence-electron chi connectivity index (χ3n) is 3.41. The van der Waals surface area contributed by atoms with Gasteiger partial charge in [0.2, 0.25) is 0 Å². The van der Waals surface area contributed by atoms with Gasteiger partial charge in [0.25, 0.3) is 0 Å². The number of urea groups is 1. The topological polar surface area (TPSA) is 58.6 Å². The highest BCUT2D eigenvalue weighted by atomic mass is 32.2. The van der Waals surface area contributed by atoms with Gasteiger partial charge in [0.15, 0.2) is 11.6 Å². The van der Waals surface area contributed by atoms with Gasteiger partial charge < -0.3 is 15.0 Å². The number of hydrogen-bond donors (Lipinski definition) is 1. The summed E-state index contributed by atoms with van der Waals surface area (Å²) >= 11 is 0. The summed E-state index contributed by atoms with van der Waals surface area (Å²) in [7, 11) is -0.880. The Balaban J connectivity index is 1.75. The number of nitrogens with one attached hydrogen (secondary N) is 1. The molecule has 1 aliphatic heterocycles. The van der Waals surface area contributed by atoms with Crippen LogP contribution in [0, 0.1) is 17.6 Å². The Labute approximate surface area is 136 Å². The molecule has 1 N–H and O–H groups in total. The van der Waals surface area contributed by atoms with Gasteiger partial charge in [0.05, 0.1) is 6.54 Å². The Morgan fingerprint density at radius 1 is 1.48 bits per heavy atom. The minimum absolute atomic E-state index is 0.0561. The van der Waals surface area contributed by atoms with Crippen molar-refractivity contribution in [3.05, 3.63) is 29.8 Å². The van der Waals surface area contributed by atoms with Crippen LogP contribution in [-0.4, -0.2) is 52.9 Å². The van der Waals surface area contributed by atoms with E-state index in [0.29, 0.717) is 24.6 Å². The van der Waals surface area contributed by atoms with Gasteiger partial charge in [-0.3, -0.25) is 4.21 Å². The first-order valence-electron chi connectivity index (χ1n) is 7.41. The van der Waals surface area contributed by atoms with Crippen LogP contribution in [0.4, 0.5) is 13.6 Å². The molecule has 1 aliphatic rings. The summed E-state index contributed by atoms with van der Waals surface area (Å²) in [5.41, 5.74) is 0. The lowest BCUT2D eigenvalue weighted by molar-refractivity contribution is 0.192. The number of rotatable bonds is 4. The van der Waals surface area contributed by atoms with Crippen molar-refractivity contribution in [2.45, 2.75) is 6.92 Å². The summed E-state index contributed by atoms with van der Waals surface area (Å²) < 4.78 is 42.9. The van der Waals surface area contributed by atoms with E-state index >= 15 is 0 Å². The molecule has 0 aliphatic carbocycles. The van der Waals surface area contributed by atoms with Crippen LogP contribution < -0.4 is 10.1 Å². The second kappa shape index (κ2) is 8.24. The van der Waals surface area contributed by atoms with Crippen LogP contribution in [0.5, 0.6) is 5.75 Å². The number of nitrogens with zero attached hydrogens (tertiary/aromatic N) is 1. The molecule has 0 radical (unpaired) electrons. The lowest BCUT2D eigenvalue weighted by Gasteiger charge is -2.22. The number of carbonyl (C=O) groups is 1. The second-order valence-electron chi connectivity index (χ2n) is 5.52. The van der Waals surface area contributed by atoms with E-state index in [1.54, 1.807) is 4.90 Å².